The molecule has 3 nitrogen and oxygen atoms in total. The van der Waals surface area contributed by atoms with E-state index < -0.39 is 0 Å². The molecule has 0 aromatic heterocycles. The summed E-state index contributed by atoms with van der Waals surface area (Å²) in [6.45, 7) is 12.8. The van der Waals surface area contributed by atoms with Crippen molar-refractivity contribution in [2.75, 3.05) is 6.61 Å². The molecule has 3 heteroatoms. The number of nitrogens with zero attached hydrogens (tertiary/aromatic N) is 2. The fourth-order valence-corrected chi connectivity index (χ4v) is 9.96. The van der Waals surface area contributed by atoms with Gasteiger partial charge >= 0.3 is 0 Å². The van der Waals surface area contributed by atoms with Gasteiger partial charge in [0.1, 0.15) is 0 Å². The van der Waals surface area contributed by atoms with Gasteiger partial charge in [0.2, 0.25) is 0 Å². The van der Waals surface area contributed by atoms with E-state index in [-0.39, 0.29) is 5.66 Å². The molecule has 0 saturated heterocycles. The van der Waals surface area contributed by atoms with E-state index in [1.165, 1.54) is 70.6 Å². The number of allylic oxidation sites excluding steroid dienone is 1. The van der Waals surface area contributed by atoms with E-state index in [1.807, 2.05) is 0 Å². The zero-order chi connectivity index (χ0) is 24.7. The van der Waals surface area contributed by atoms with Crippen LogP contribution in [0, 0.1) is 58.7 Å². The van der Waals surface area contributed by atoms with Gasteiger partial charge in [0.25, 0.3) is 0 Å². The molecule has 8 atom stereocenters. The molecular formula is C32H50N2O. The van der Waals surface area contributed by atoms with Gasteiger partial charge < -0.3 is 4.74 Å². The third-order valence-corrected chi connectivity index (χ3v) is 11.9. The molecule has 4 fully saturated rings. The molecule has 35 heavy (non-hydrogen) atoms. The van der Waals surface area contributed by atoms with Crippen LogP contribution in [0.25, 0.3) is 0 Å². The van der Waals surface area contributed by atoms with Crippen LogP contribution in [0.3, 0.4) is 0 Å². The van der Waals surface area contributed by atoms with E-state index in [0.717, 1.165) is 73.6 Å². The van der Waals surface area contributed by atoms with E-state index in [9.17, 15) is 0 Å². The van der Waals surface area contributed by atoms with Crippen molar-refractivity contribution in [2.24, 2.45) is 56.6 Å². The van der Waals surface area contributed by atoms with Crippen molar-refractivity contribution in [3.8, 4) is 12.3 Å². The zero-order valence-electron chi connectivity index (χ0n) is 22.9. The van der Waals surface area contributed by atoms with Crippen molar-refractivity contribution < 1.29 is 4.74 Å². The maximum absolute atomic E-state index is 5.93. The summed E-state index contributed by atoms with van der Waals surface area (Å²) in [7, 11) is 0. The van der Waals surface area contributed by atoms with Gasteiger partial charge in [-0.05, 0) is 111 Å². The summed E-state index contributed by atoms with van der Waals surface area (Å²) in [5.74, 6) is 8.53. The molecule has 0 aromatic carbocycles. The van der Waals surface area contributed by atoms with Crippen molar-refractivity contribution >= 4 is 0 Å². The highest BCUT2D eigenvalue weighted by atomic mass is 16.5. The first-order valence-electron chi connectivity index (χ1n) is 15.0. The highest BCUT2D eigenvalue weighted by Crippen LogP contribution is 2.69. The monoisotopic (exact) mass is 478 g/mol. The fourth-order valence-electron chi connectivity index (χ4n) is 9.96. The lowest BCUT2D eigenvalue weighted by Gasteiger charge is -2.48. The second-order valence-corrected chi connectivity index (χ2v) is 13.7. The summed E-state index contributed by atoms with van der Waals surface area (Å²) in [5.41, 5.74) is 0.942. The first-order chi connectivity index (χ1) is 16.8. The zero-order valence-corrected chi connectivity index (χ0v) is 22.9. The van der Waals surface area contributed by atoms with Crippen LogP contribution < -0.4 is 0 Å². The standard InChI is InChI=1S/C32H50N2O/c1-6-7-8-11-20-35-24(3)14-13-23(2)27-15-16-28-25-21-26(17-19-31(27,28)5)30(4)18-10-9-12-29(30)32(22-25)33-34-32/h1,23,25-29H,3,7-22H2,2,4-5H3/t23-,25?,26?,27?,28?,29?,30?,31-/m1/s1. The summed E-state index contributed by atoms with van der Waals surface area (Å²) in [4.78, 5) is 0. The average molecular weight is 479 g/mol. The van der Waals surface area contributed by atoms with Crippen molar-refractivity contribution in [3.63, 3.8) is 0 Å². The Bertz CT molecular complexity index is 850. The molecule has 6 unspecified atom stereocenters. The first-order valence-corrected chi connectivity index (χ1v) is 15.0. The predicted molar refractivity (Wildman–Crippen MR) is 144 cm³/mol. The van der Waals surface area contributed by atoms with Crippen LogP contribution in [-0.2, 0) is 4.74 Å². The third kappa shape index (κ3) is 4.62. The van der Waals surface area contributed by atoms with Crippen LogP contribution in [0.1, 0.15) is 117 Å². The Morgan fingerprint density at radius 1 is 1.09 bits per heavy atom. The molecule has 0 radical (unpaired) electrons. The molecule has 0 N–H and O–H groups in total. The summed E-state index contributed by atoms with van der Waals surface area (Å²) < 4.78 is 5.93. The van der Waals surface area contributed by atoms with Gasteiger partial charge in [0.15, 0.2) is 5.66 Å². The van der Waals surface area contributed by atoms with Crippen LogP contribution in [0.15, 0.2) is 22.6 Å². The number of ether oxygens (including phenoxy) is 1. The van der Waals surface area contributed by atoms with Gasteiger partial charge in [0.05, 0.1) is 12.4 Å². The van der Waals surface area contributed by atoms with E-state index >= 15 is 0 Å². The maximum atomic E-state index is 5.93. The third-order valence-electron chi connectivity index (χ3n) is 11.9. The SMILES string of the molecule is C#CCCCCOC(=C)CC[C@@H](C)C1CCC2C3CC(CC[C@@]21C)C1(C)CCCCC1C1(C3)N=N1. The number of rotatable bonds is 9. The van der Waals surface area contributed by atoms with Crippen LogP contribution in [0.4, 0.5) is 0 Å². The number of unbranched alkanes of at least 4 members (excludes halogenated alkanes) is 2. The summed E-state index contributed by atoms with van der Waals surface area (Å²) in [5, 5.41) is 9.69. The second-order valence-electron chi connectivity index (χ2n) is 13.7. The normalized spacial score (nSPS) is 41.7. The lowest BCUT2D eigenvalue weighted by Crippen LogP contribution is -2.45. The summed E-state index contributed by atoms with van der Waals surface area (Å²) >= 11 is 0. The van der Waals surface area contributed by atoms with Crippen molar-refractivity contribution in [1.82, 2.24) is 0 Å². The molecule has 4 saturated carbocycles. The Labute approximate surface area is 215 Å². The Kier molecular flexibility index (Phi) is 7.15. The number of hydrogen-bond acceptors (Lipinski definition) is 3. The molecule has 1 aliphatic heterocycles. The van der Waals surface area contributed by atoms with Gasteiger partial charge in [-0.1, -0.05) is 40.2 Å². The average Bonchev–Trinajstić information content (AvgIpc) is 3.57. The van der Waals surface area contributed by atoms with E-state index in [4.69, 9.17) is 21.4 Å². The van der Waals surface area contributed by atoms with E-state index in [2.05, 4.69) is 33.3 Å². The highest BCUT2D eigenvalue weighted by molar-refractivity contribution is 5.15. The van der Waals surface area contributed by atoms with Crippen molar-refractivity contribution in [2.45, 2.75) is 123 Å². The second kappa shape index (κ2) is 9.87. The Balaban J connectivity index is 1.23. The van der Waals surface area contributed by atoms with Crippen LogP contribution >= 0.6 is 0 Å². The van der Waals surface area contributed by atoms with Gasteiger partial charge in [-0.3, -0.25) is 0 Å². The minimum Gasteiger partial charge on any atom is -0.499 e. The molecular weight excluding hydrogens is 428 g/mol. The topological polar surface area (TPSA) is 34.0 Å². The largest absolute Gasteiger partial charge is 0.499 e. The molecule has 4 aliphatic carbocycles. The number of terminal acetylenes is 1. The molecule has 194 valence electrons. The Morgan fingerprint density at radius 2 is 1.91 bits per heavy atom. The van der Waals surface area contributed by atoms with Crippen LogP contribution in [-0.4, -0.2) is 12.3 Å². The van der Waals surface area contributed by atoms with Gasteiger partial charge in [-0.2, -0.15) is 10.2 Å². The van der Waals surface area contributed by atoms with Gasteiger partial charge in [0, 0.05) is 18.8 Å². The van der Waals surface area contributed by atoms with Gasteiger partial charge in [-0.25, -0.2) is 0 Å². The summed E-state index contributed by atoms with van der Waals surface area (Å²) in [6, 6.07) is 0. The van der Waals surface area contributed by atoms with E-state index in [0.29, 0.717) is 10.8 Å². The fraction of sp³-hybridized carbons (Fsp3) is 0.875. The minimum atomic E-state index is 0.00579. The highest BCUT2D eigenvalue weighted by Gasteiger charge is 2.64. The minimum absolute atomic E-state index is 0.00579. The predicted octanol–water partition coefficient (Wildman–Crippen LogP) is 8.95. The molecule has 5 rings (SSSR count). The quantitative estimate of drug-likeness (QED) is 0.185. The van der Waals surface area contributed by atoms with Gasteiger partial charge in [-0.15, -0.1) is 12.3 Å². The van der Waals surface area contributed by atoms with Crippen molar-refractivity contribution in [1.29, 1.82) is 0 Å². The van der Waals surface area contributed by atoms with E-state index in [1.54, 1.807) is 0 Å². The lowest BCUT2D eigenvalue weighted by molar-refractivity contribution is 0.0103. The molecule has 2 bridgehead atoms. The maximum Gasteiger partial charge on any atom is 0.194 e. The van der Waals surface area contributed by atoms with Crippen LogP contribution in [0.2, 0.25) is 0 Å². The Morgan fingerprint density at radius 3 is 2.69 bits per heavy atom. The number of fused-ring (bicyclic) bond motifs is 7. The molecule has 1 heterocycles. The molecule has 1 spiro atoms. The molecule has 0 aromatic rings. The Hall–Kier alpha value is -1.30. The summed E-state index contributed by atoms with van der Waals surface area (Å²) in [6.07, 6.45) is 24.5. The van der Waals surface area contributed by atoms with Crippen molar-refractivity contribution in [3.05, 3.63) is 12.3 Å². The van der Waals surface area contributed by atoms with Crippen LogP contribution in [0.5, 0.6) is 0 Å². The number of hydrogen-bond donors (Lipinski definition) is 0. The first kappa shape index (κ1) is 25.4. The smallest absolute Gasteiger partial charge is 0.194 e. The molecule has 5 aliphatic rings. The lowest BCUT2D eigenvalue weighted by atomic mass is 9.56. The molecule has 0 amide bonds.